The summed E-state index contributed by atoms with van der Waals surface area (Å²) in [4.78, 5) is 14.0. The molecule has 1 N–H and O–H groups in total. The third-order valence-electron chi connectivity index (χ3n) is 3.28. The third-order valence-corrected chi connectivity index (χ3v) is 3.57. The normalized spacial score (nSPS) is 16.4. The van der Waals surface area contributed by atoms with E-state index in [4.69, 9.17) is 12.2 Å². The average molecular weight is 294 g/mol. The van der Waals surface area contributed by atoms with Crippen molar-refractivity contribution in [2.45, 2.75) is 6.92 Å². The highest BCUT2D eigenvalue weighted by Crippen LogP contribution is 2.22. The molecular formula is C17H14N2OS. The second-order valence-electron chi connectivity index (χ2n) is 4.87. The van der Waals surface area contributed by atoms with Crippen LogP contribution in [0.2, 0.25) is 0 Å². The lowest BCUT2D eigenvalue weighted by Gasteiger charge is -2.13. The summed E-state index contributed by atoms with van der Waals surface area (Å²) in [5.74, 6) is -0.132. The minimum absolute atomic E-state index is 0.132. The van der Waals surface area contributed by atoms with E-state index in [1.807, 2.05) is 67.6 Å². The minimum atomic E-state index is -0.132. The number of thiocarbonyl (C=S) groups is 1. The van der Waals surface area contributed by atoms with Crippen LogP contribution in [0, 0.1) is 6.92 Å². The molecule has 104 valence electrons. The second kappa shape index (κ2) is 5.50. The summed E-state index contributed by atoms with van der Waals surface area (Å²) in [5, 5.41) is 3.39. The summed E-state index contributed by atoms with van der Waals surface area (Å²) < 4.78 is 0. The Balaban J connectivity index is 1.92. The Labute approximate surface area is 128 Å². The molecule has 0 spiro atoms. The van der Waals surface area contributed by atoms with E-state index < -0.39 is 0 Å². The molecule has 0 atom stereocenters. The van der Waals surface area contributed by atoms with Gasteiger partial charge in [0.2, 0.25) is 0 Å². The lowest BCUT2D eigenvalue weighted by molar-refractivity contribution is -0.113. The highest BCUT2D eigenvalue weighted by molar-refractivity contribution is 7.80. The Morgan fingerprint density at radius 3 is 2.38 bits per heavy atom. The minimum Gasteiger partial charge on any atom is -0.327 e. The molecule has 1 aliphatic heterocycles. The van der Waals surface area contributed by atoms with Crippen molar-refractivity contribution in [3.63, 3.8) is 0 Å². The number of hydrogen-bond donors (Lipinski definition) is 1. The lowest BCUT2D eigenvalue weighted by Crippen LogP contribution is -2.30. The van der Waals surface area contributed by atoms with E-state index in [9.17, 15) is 4.79 Å². The summed E-state index contributed by atoms with van der Waals surface area (Å²) in [7, 11) is 0. The first-order valence-corrected chi connectivity index (χ1v) is 7.05. The number of rotatable bonds is 2. The Morgan fingerprint density at radius 1 is 1.05 bits per heavy atom. The molecule has 0 radical (unpaired) electrons. The van der Waals surface area contributed by atoms with Crippen molar-refractivity contribution >= 4 is 35.0 Å². The number of carbonyl (C=O) groups is 1. The number of nitrogens with zero attached hydrogens (tertiary/aromatic N) is 1. The molecule has 1 amide bonds. The van der Waals surface area contributed by atoms with Gasteiger partial charge >= 0.3 is 0 Å². The molecule has 1 aliphatic rings. The van der Waals surface area contributed by atoms with Crippen LogP contribution < -0.4 is 10.2 Å². The van der Waals surface area contributed by atoms with Gasteiger partial charge in [0.05, 0.1) is 5.69 Å². The van der Waals surface area contributed by atoms with Crippen molar-refractivity contribution in [3.05, 3.63) is 71.4 Å². The predicted octanol–water partition coefficient (Wildman–Crippen LogP) is 3.26. The van der Waals surface area contributed by atoms with E-state index in [1.165, 1.54) is 4.90 Å². The van der Waals surface area contributed by atoms with Crippen molar-refractivity contribution < 1.29 is 4.79 Å². The van der Waals surface area contributed by atoms with Gasteiger partial charge in [-0.05, 0) is 42.9 Å². The van der Waals surface area contributed by atoms with Gasteiger partial charge in [0.25, 0.3) is 5.91 Å². The number of aryl methyl sites for hydroxylation is 1. The summed E-state index contributed by atoms with van der Waals surface area (Å²) in [6.45, 7) is 2.01. The first-order valence-electron chi connectivity index (χ1n) is 6.64. The fraction of sp³-hybridized carbons (Fsp3) is 0.0588. The van der Waals surface area contributed by atoms with E-state index in [-0.39, 0.29) is 5.91 Å². The van der Waals surface area contributed by atoms with Gasteiger partial charge < -0.3 is 5.32 Å². The molecule has 1 heterocycles. The van der Waals surface area contributed by atoms with Gasteiger partial charge in [0.1, 0.15) is 5.70 Å². The molecule has 1 fully saturated rings. The largest absolute Gasteiger partial charge is 0.327 e. The van der Waals surface area contributed by atoms with Crippen LogP contribution in [-0.4, -0.2) is 11.0 Å². The molecule has 2 aromatic rings. The van der Waals surface area contributed by atoms with Gasteiger partial charge in [0.15, 0.2) is 5.11 Å². The maximum atomic E-state index is 12.5. The second-order valence-corrected chi connectivity index (χ2v) is 5.26. The van der Waals surface area contributed by atoms with Crippen LogP contribution in [0.5, 0.6) is 0 Å². The summed E-state index contributed by atoms with van der Waals surface area (Å²) >= 11 is 5.28. The standard InChI is InChI=1S/C17H14N2OS/c1-12-7-9-14(10-8-12)19-16(20)15(18-17(19)21)11-13-5-3-2-4-6-13/h2-11H,1H3,(H,18,21)/b15-11-. The Kier molecular flexibility index (Phi) is 3.54. The molecule has 4 heteroatoms. The van der Waals surface area contributed by atoms with Gasteiger partial charge in [0, 0.05) is 0 Å². The molecule has 0 bridgehead atoms. The number of nitrogens with one attached hydrogen (secondary N) is 1. The van der Waals surface area contributed by atoms with Gasteiger partial charge in [-0.1, -0.05) is 48.0 Å². The molecule has 2 aromatic carbocycles. The summed E-state index contributed by atoms with van der Waals surface area (Å²) in [5.41, 5.74) is 3.37. The Morgan fingerprint density at radius 2 is 1.71 bits per heavy atom. The molecule has 0 aromatic heterocycles. The van der Waals surface area contributed by atoms with Crippen molar-refractivity contribution in [2.24, 2.45) is 0 Å². The molecule has 0 saturated carbocycles. The van der Waals surface area contributed by atoms with E-state index >= 15 is 0 Å². The SMILES string of the molecule is Cc1ccc(N2C(=O)/C(=C/c3ccccc3)NC2=S)cc1. The summed E-state index contributed by atoms with van der Waals surface area (Å²) in [6.07, 6.45) is 1.81. The molecular weight excluding hydrogens is 280 g/mol. The van der Waals surface area contributed by atoms with Crippen LogP contribution in [0.3, 0.4) is 0 Å². The molecule has 1 saturated heterocycles. The van der Waals surface area contributed by atoms with Gasteiger partial charge in [-0.3, -0.25) is 9.69 Å². The smallest absolute Gasteiger partial charge is 0.281 e. The fourth-order valence-electron chi connectivity index (χ4n) is 2.18. The van der Waals surface area contributed by atoms with Crippen LogP contribution in [-0.2, 0) is 4.79 Å². The quantitative estimate of drug-likeness (QED) is 0.681. The number of amides is 1. The molecule has 21 heavy (non-hydrogen) atoms. The fourth-order valence-corrected chi connectivity index (χ4v) is 2.48. The zero-order chi connectivity index (χ0) is 14.8. The highest BCUT2D eigenvalue weighted by atomic mass is 32.1. The van der Waals surface area contributed by atoms with Crippen molar-refractivity contribution in [1.29, 1.82) is 0 Å². The highest BCUT2D eigenvalue weighted by Gasteiger charge is 2.31. The van der Waals surface area contributed by atoms with E-state index in [0.29, 0.717) is 10.8 Å². The van der Waals surface area contributed by atoms with Crippen LogP contribution in [0.1, 0.15) is 11.1 Å². The van der Waals surface area contributed by atoms with E-state index in [1.54, 1.807) is 0 Å². The third kappa shape index (κ3) is 2.71. The van der Waals surface area contributed by atoms with Crippen molar-refractivity contribution in [3.8, 4) is 0 Å². The summed E-state index contributed by atoms with van der Waals surface area (Å²) in [6, 6.07) is 17.4. The van der Waals surface area contributed by atoms with E-state index in [2.05, 4.69) is 5.32 Å². The van der Waals surface area contributed by atoms with Crippen LogP contribution in [0.4, 0.5) is 5.69 Å². The van der Waals surface area contributed by atoms with Crippen molar-refractivity contribution in [2.75, 3.05) is 4.90 Å². The number of carbonyl (C=O) groups excluding carboxylic acids is 1. The molecule has 3 rings (SSSR count). The van der Waals surface area contributed by atoms with Crippen LogP contribution >= 0.6 is 12.2 Å². The first-order chi connectivity index (χ1) is 10.1. The zero-order valence-corrected chi connectivity index (χ0v) is 12.4. The van der Waals surface area contributed by atoms with Crippen molar-refractivity contribution in [1.82, 2.24) is 5.32 Å². The number of benzene rings is 2. The zero-order valence-electron chi connectivity index (χ0n) is 11.5. The topological polar surface area (TPSA) is 32.3 Å². The Hall–Kier alpha value is -2.46. The van der Waals surface area contributed by atoms with Gasteiger partial charge in [-0.15, -0.1) is 0 Å². The predicted molar refractivity (Wildman–Crippen MR) is 88.8 cm³/mol. The number of anilines is 1. The lowest BCUT2D eigenvalue weighted by atomic mass is 10.2. The monoisotopic (exact) mass is 294 g/mol. The maximum absolute atomic E-state index is 12.5. The molecule has 0 unspecified atom stereocenters. The molecule has 0 aliphatic carbocycles. The first kappa shape index (κ1) is 13.5. The average Bonchev–Trinajstić information content (AvgIpc) is 2.76. The van der Waals surface area contributed by atoms with Gasteiger partial charge in [-0.25, -0.2) is 0 Å². The Bertz CT molecular complexity index is 720. The van der Waals surface area contributed by atoms with Gasteiger partial charge in [-0.2, -0.15) is 0 Å². The number of hydrogen-bond acceptors (Lipinski definition) is 2. The van der Waals surface area contributed by atoms with E-state index in [0.717, 1.165) is 16.8 Å². The van der Waals surface area contributed by atoms with Crippen LogP contribution in [0.25, 0.3) is 6.08 Å². The molecule has 3 nitrogen and oxygen atoms in total. The maximum Gasteiger partial charge on any atom is 0.281 e. The van der Waals surface area contributed by atoms with Crippen LogP contribution in [0.15, 0.2) is 60.3 Å².